The van der Waals surface area contributed by atoms with E-state index < -0.39 is 0 Å². The molecule has 0 radical (unpaired) electrons. The fourth-order valence-corrected chi connectivity index (χ4v) is 2.13. The Bertz CT molecular complexity index is 325. The van der Waals surface area contributed by atoms with Gasteiger partial charge in [-0.2, -0.15) is 0 Å². The Morgan fingerprint density at radius 1 is 1.38 bits per heavy atom. The molecule has 70 valence electrons. The molecule has 1 fully saturated rings. The average molecular weight is 216 g/mol. The standard InChI is InChI=1S/C10H11Cl2N/c11-7-1-2-10(12)9(4-7)8-3-6(8)5-13/h1-2,4,6,8H,3,5,13H2/t6-,8+/m0/s1. The average Bonchev–Trinajstić information content (AvgIpc) is 2.88. The second-order valence-corrected chi connectivity index (χ2v) is 4.35. The first kappa shape index (κ1) is 9.32. The van der Waals surface area contributed by atoms with E-state index in [9.17, 15) is 0 Å². The highest BCUT2D eigenvalue weighted by molar-refractivity contribution is 6.33. The van der Waals surface area contributed by atoms with E-state index in [2.05, 4.69) is 0 Å². The van der Waals surface area contributed by atoms with Crippen LogP contribution in [-0.4, -0.2) is 6.54 Å². The molecule has 3 heteroatoms. The van der Waals surface area contributed by atoms with Crippen molar-refractivity contribution in [2.24, 2.45) is 11.7 Å². The Labute approximate surface area is 87.8 Å². The normalized spacial score (nSPS) is 26.1. The van der Waals surface area contributed by atoms with Crippen molar-refractivity contribution >= 4 is 23.2 Å². The largest absolute Gasteiger partial charge is 0.330 e. The molecule has 1 aliphatic rings. The van der Waals surface area contributed by atoms with Gasteiger partial charge in [0.2, 0.25) is 0 Å². The van der Waals surface area contributed by atoms with E-state index in [1.54, 1.807) is 0 Å². The minimum Gasteiger partial charge on any atom is -0.330 e. The molecule has 0 saturated heterocycles. The van der Waals surface area contributed by atoms with Crippen LogP contribution in [0.25, 0.3) is 0 Å². The van der Waals surface area contributed by atoms with E-state index in [4.69, 9.17) is 28.9 Å². The first-order chi connectivity index (χ1) is 6.22. The Morgan fingerprint density at radius 2 is 2.15 bits per heavy atom. The second-order valence-electron chi connectivity index (χ2n) is 3.50. The molecule has 2 rings (SSSR count). The highest BCUT2D eigenvalue weighted by Gasteiger charge is 2.38. The molecular formula is C10H11Cl2N. The molecule has 1 saturated carbocycles. The fourth-order valence-electron chi connectivity index (χ4n) is 1.69. The van der Waals surface area contributed by atoms with Gasteiger partial charge in [-0.1, -0.05) is 23.2 Å². The topological polar surface area (TPSA) is 26.0 Å². The molecule has 1 nitrogen and oxygen atoms in total. The SMILES string of the molecule is NC[C@@H]1C[C@H]1c1cc(Cl)ccc1Cl. The van der Waals surface area contributed by atoms with E-state index in [1.807, 2.05) is 18.2 Å². The summed E-state index contributed by atoms with van der Waals surface area (Å²) >= 11 is 11.9. The highest BCUT2D eigenvalue weighted by atomic mass is 35.5. The summed E-state index contributed by atoms with van der Waals surface area (Å²) in [7, 11) is 0. The predicted molar refractivity (Wildman–Crippen MR) is 56.4 cm³/mol. The van der Waals surface area contributed by atoms with Gasteiger partial charge in [0.1, 0.15) is 0 Å². The Kier molecular flexibility index (Phi) is 2.50. The minimum atomic E-state index is 0.538. The summed E-state index contributed by atoms with van der Waals surface area (Å²) in [5.41, 5.74) is 6.73. The van der Waals surface area contributed by atoms with Crippen molar-refractivity contribution in [2.45, 2.75) is 12.3 Å². The lowest BCUT2D eigenvalue weighted by Crippen LogP contribution is -2.02. The number of halogens is 2. The number of hydrogen-bond donors (Lipinski definition) is 1. The van der Waals surface area contributed by atoms with Crippen molar-refractivity contribution in [2.75, 3.05) is 6.54 Å². The van der Waals surface area contributed by atoms with E-state index in [0.717, 1.165) is 28.6 Å². The van der Waals surface area contributed by atoms with Gasteiger partial charge in [-0.15, -0.1) is 0 Å². The smallest absolute Gasteiger partial charge is 0.0441 e. The van der Waals surface area contributed by atoms with Gasteiger partial charge < -0.3 is 5.73 Å². The van der Waals surface area contributed by atoms with Gasteiger partial charge in [-0.05, 0) is 48.6 Å². The van der Waals surface area contributed by atoms with Crippen LogP contribution in [0.4, 0.5) is 0 Å². The number of nitrogens with two attached hydrogens (primary N) is 1. The van der Waals surface area contributed by atoms with Crippen molar-refractivity contribution in [1.82, 2.24) is 0 Å². The van der Waals surface area contributed by atoms with Gasteiger partial charge in [0.05, 0.1) is 0 Å². The van der Waals surface area contributed by atoms with Crippen molar-refractivity contribution in [3.05, 3.63) is 33.8 Å². The zero-order chi connectivity index (χ0) is 9.42. The van der Waals surface area contributed by atoms with Crippen LogP contribution in [0.15, 0.2) is 18.2 Å². The summed E-state index contributed by atoms with van der Waals surface area (Å²) in [6.07, 6.45) is 1.15. The molecule has 1 aromatic carbocycles. The molecule has 2 atom stereocenters. The molecule has 13 heavy (non-hydrogen) atoms. The quantitative estimate of drug-likeness (QED) is 0.807. The number of benzene rings is 1. The lowest BCUT2D eigenvalue weighted by Gasteiger charge is -2.03. The van der Waals surface area contributed by atoms with Gasteiger partial charge in [0.25, 0.3) is 0 Å². The maximum Gasteiger partial charge on any atom is 0.0441 e. The summed E-state index contributed by atoms with van der Waals surface area (Å²) in [4.78, 5) is 0. The summed E-state index contributed by atoms with van der Waals surface area (Å²) in [6, 6.07) is 5.61. The maximum absolute atomic E-state index is 6.05. The highest BCUT2D eigenvalue weighted by Crippen LogP contribution is 2.49. The molecule has 0 aliphatic heterocycles. The number of hydrogen-bond acceptors (Lipinski definition) is 1. The summed E-state index contributed by atoms with van der Waals surface area (Å²) < 4.78 is 0. The number of rotatable bonds is 2. The summed E-state index contributed by atoms with van der Waals surface area (Å²) in [5.74, 6) is 1.15. The third kappa shape index (κ3) is 1.83. The van der Waals surface area contributed by atoms with Gasteiger partial charge in [-0.25, -0.2) is 0 Å². The van der Waals surface area contributed by atoms with Crippen LogP contribution in [0.5, 0.6) is 0 Å². The maximum atomic E-state index is 6.05. The first-order valence-electron chi connectivity index (χ1n) is 4.37. The van der Waals surface area contributed by atoms with Crippen LogP contribution >= 0.6 is 23.2 Å². The molecule has 0 heterocycles. The van der Waals surface area contributed by atoms with Gasteiger partial charge in [0.15, 0.2) is 0 Å². The Balaban J connectivity index is 2.25. The molecule has 2 N–H and O–H groups in total. The lowest BCUT2D eigenvalue weighted by molar-refractivity contribution is 0.810. The summed E-state index contributed by atoms with van der Waals surface area (Å²) in [6.45, 7) is 0.744. The Morgan fingerprint density at radius 3 is 2.77 bits per heavy atom. The van der Waals surface area contributed by atoms with Crippen molar-refractivity contribution in [3.8, 4) is 0 Å². The molecule has 0 amide bonds. The Hall–Kier alpha value is -0.240. The van der Waals surface area contributed by atoms with Crippen LogP contribution in [0, 0.1) is 5.92 Å². The van der Waals surface area contributed by atoms with Crippen LogP contribution in [0.2, 0.25) is 10.0 Å². The third-order valence-electron chi connectivity index (χ3n) is 2.58. The molecule has 1 aliphatic carbocycles. The van der Waals surface area contributed by atoms with Crippen LogP contribution in [0.1, 0.15) is 17.9 Å². The van der Waals surface area contributed by atoms with E-state index >= 15 is 0 Å². The van der Waals surface area contributed by atoms with Gasteiger partial charge in [0, 0.05) is 10.0 Å². The van der Waals surface area contributed by atoms with Crippen molar-refractivity contribution in [3.63, 3.8) is 0 Å². The van der Waals surface area contributed by atoms with Gasteiger partial charge >= 0.3 is 0 Å². The minimum absolute atomic E-state index is 0.538. The zero-order valence-electron chi connectivity index (χ0n) is 7.13. The van der Waals surface area contributed by atoms with Crippen LogP contribution in [0.3, 0.4) is 0 Å². The van der Waals surface area contributed by atoms with Crippen molar-refractivity contribution in [1.29, 1.82) is 0 Å². The molecule has 0 unspecified atom stereocenters. The molecule has 0 aromatic heterocycles. The first-order valence-corrected chi connectivity index (χ1v) is 5.13. The van der Waals surface area contributed by atoms with Gasteiger partial charge in [-0.3, -0.25) is 0 Å². The lowest BCUT2D eigenvalue weighted by atomic mass is 10.1. The second kappa shape index (κ2) is 3.49. The van der Waals surface area contributed by atoms with Crippen LogP contribution in [-0.2, 0) is 0 Å². The van der Waals surface area contributed by atoms with E-state index in [-0.39, 0.29) is 0 Å². The van der Waals surface area contributed by atoms with E-state index in [1.165, 1.54) is 0 Å². The van der Waals surface area contributed by atoms with E-state index in [0.29, 0.717) is 11.8 Å². The molecular weight excluding hydrogens is 205 g/mol. The third-order valence-corrected chi connectivity index (χ3v) is 3.16. The van der Waals surface area contributed by atoms with Crippen molar-refractivity contribution < 1.29 is 0 Å². The zero-order valence-corrected chi connectivity index (χ0v) is 8.65. The summed E-state index contributed by atoms with van der Waals surface area (Å²) in [5, 5.41) is 1.56. The molecule has 1 aromatic rings. The molecule has 0 bridgehead atoms. The monoisotopic (exact) mass is 215 g/mol. The predicted octanol–water partition coefficient (Wildman–Crippen LogP) is 3.06. The fraction of sp³-hybridized carbons (Fsp3) is 0.400. The van der Waals surface area contributed by atoms with Crippen LogP contribution < -0.4 is 5.73 Å². The molecule has 0 spiro atoms.